The van der Waals surface area contributed by atoms with Crippen LogP contribution in [0.3, 0.4) is 0 Å². The molecule has 0 spiro atoms. The molecule has 0 aliphatic heterocycles. The van der Waals surface area contributed by atoms with E-state index in [4.69, 9.17) is 10.8 Å². The zero-order valence-electron chi connectivity index (χ0n) is 6.71. The van der Waals surface area contributed by atoms with Gasteiger partial charge in [-0.15, -0.1) is 0 Å². The lowest BCUT2D eigenvalue weighted by atomic mass is 10.1. The van der Waals surface area contributed by atoms with Gasteiger partial charge in [-0.3, -0.25) is 4.79 Å². The van der Waals surface area contributed by atoms with E-state index in [1.54, 1.807) is 12.2 Å². The Balaban J connectivity index is 2.53. The number of hydrogen-bond acceptors (Lipinski definition) is 4. The molecule has 0 radical (unpaired) electrons. The summed E-state index contributed by atoms with van der Waals surface area (Å²) in [5.74, 6) is -0.0513. The molecule has 0 aromatic rings. The first-order valence-electron chi connectivity index (χ1n) is 3.79. The zero-order valence-corrected chi connectivity index (χ0v) is 6.71. The molecule has 0 fully saturated rings. The Morgan fingerprint density at radius 3 is 3.00 bits per heavy atom. The summed E-state index contributed by atoms with van der Waals surface area (Å²) in [5.41, 5.74) is 6.49. The first kappa shape index (κ1) is 8.80. The molecule has 12 heavy (non-hydrogen) atoms. The Bertz CT molecular complexity index is 243. The molecule has 1 aliphatic carbocycles. The largest absolute Gasteiger partial charge is 0.396 e. The van der Waals surface area contributed by atoms with Gasteiger partial charge in [0, 0.05) is 18.7 Å². The lowest BCUT2D eigenvalue weighted by molar-refractivity contribution is -0.115. The van der Waals surface area contributed by atoms with Crippen LogP contribution in [-0.4, -0.2) is 24.0 Å². The van der Waals surface area contributed by atoms with Gasteiger partial charge in [-0.1, -0.05) is 6.08 Å². The summed E-state index contributed by atoms with van der Waals surface area (Å²) < 4.78 is 0. The highest BCUT2D eigenvalue weighted by Crippen LogP contribution is 2.07. The second kappa shape index (κ2) is 3.92. The van der Waals surface area contributed by atoms with E-state index in [0.717, 1.165) is 5.70 Å². The molecule has 0 saturated carbocycles. The molecule has 4 nitrogen and oxygen atoms in total. The molecule has 0 unspecified atom stereocenters. The number of rotatable bonds is 3. The van der Waals surface area contributed by atoms with Crippen molar-refractivity contribution in [2.75, 3.05) is 13.2 Å². The van der Waals surface area contributed by atoms with Gasteiger partial charge in [0.05, 0.1) is 12.3 Å². The minimum Gasteiger partial charge on any atom is -0.396 e. The van der Waals surface area contributed by atoms with Crippen molar-refractivity contribution in [3.63, 3.8) is 0 Å². The van der Waals surface area contributed by atoms with Crippen molar-refractivity contribution in [1.29, 1.82) is 0 Å². The summed E-state index contributed by atoms with van der Waals surface area (Å²) in [6.45, 7) is 0.544. The molecular weight excluding hydrogens is 156 g/mol. The van der Waals surface area contributed by atoms with Crippen LogP contribution < -0.4 is 11.1 Å². The Hall–Kier alpha value is -1.29. The Morgan fingerprint density at radius 1 is 1.67 bits per heavy atom. The van der Waals surface area contributed by atoms with Crippen LogP contribution in [0, 0.1) is 0 Å². The van der Waals surface area contributed by atoms with Crippen molar-refractivity contribution in [2.45, 2.75) is 6.42 Å². The molecule has 4 heteroatoms. The first-order valence-corrected chi connectivity index (χ1v) is 3.79. The van der Waals surface area contributed by atoms with Crippen LogP contribution in [0.2, 0.25) is 0 Å². The third kappa shape index (κ3) is 2.10. The van der Waals surface area contributed by atoms with Gasteiger partial charge in [-0.2, -0.15) is 0 Å². The highest BCUT2D eigenvalue weighted by atomic mass is 16.3. The number of nitrogens with two attached hydrogens (primary N) is 1. The van der Waals surface area contributed by atoms with Crippen LogP contribution in [-0.2, 0) is 4.79 Å². The van der Waals surface area contributed by atoms with Gasteiger partial charge < -0.3 is 16.2 Å². The Labute approximate surface area is 70.8 Å². The monoisotopic (exact) mass is 168 g/mol. The molecule has 0 atom stereocenters. The van der Waals surface area contributed by atoms with Gasteiger partial charge in [-0.05, 0) is 6.08 Å². The molecule has 0 heterocycles. The maximum absolute atomic E-state index is 10.9. The van der Waals surface area contributed by atoms with Crippen molar-refractivity contribution in [1.82, 2.24) is 5.32 Å². The van der Waals surface area contributed by atoms with Gasteiger partial charge >= 0.3 is 0 Å². The van der Waals surface area contributed by atoms with Crippen molar-refractivity contribution < 1.29 is 9.90 Å². The number of carbonyl (C=O) groups excluding carboxylic acids is 1. The number of carbonyl (C=O) groups is 1. The number of allylic oxidation sites excluding steroid dienone is 3. The normalized spacial score (nSPS) is 16.9. The molecule has 0 amide bonds. The second-order valence-corrected chi connectivity index (χ2v) is 2.54. The van der Waals surface area contributed by atoms with Gasteiger partial charge in [-0.25, -0.2) is 0 Å². The Kier molecular flexibility index (Phi) is 2.88. The number of nitrogens with one attached hydrogen (secondary N) is 1. The van der Waals surface area contributed by atoms with Crippen LogP contribution >= 0.6 is 0 Å². The quantitative estimate of drug-likeness (QED) is 0.519. The van der Waals surface area contributed by atoms with E-state index in [1.807, 2.05) is 0 Å². The standard InChI is InChI=1S/C8H12N2O2/c9-7-5-6(10-3-4-11)1-2-8(7)12/h1,5,10-11H,2-4,9H2. The molecule has 0 bridgehead atoms. The molecule has 0 aromatic carbocycles. The van der Waals surface area contributed by atoms with E-state index in [2.05, 4.69) is 5.32 Å². The number of aliphatic hydroxyl groups is 1. The summed E-state index contributed by atoms with van der Waals surface area (Å²) in [4.78, 5) is 10.9. The number of Topliss-reactive ketones (excluding diaryl/α,β-unsaturated/α-hetero) is 1. The van der Waals surface area contributed by atoms with E-state index >= 15 is 0 Å². The average molecular weight is 168 g/mol. The van der Waals surface area contributed by atoms with Crippen molar-refractivity contribution in [3.8, 4) is 0 Å². The fourth-order valence-electron chi connectivity index (χ4n) is 0.951. The molecule has 1 rings (SSSR count). The second-order valence-electron chi connectivity index (χ2n) is 2.54. The maximum atomic E-state index is 10.9. The zero-order chi connectivity index (χ0) is 8.97. The van der Waals surface area contributed by atoms with Gasteiger partial charge in [0.15, 0.2) is 5.78 Å². The van der Waals surface area contributed by atoms with Crippen LogP contribution in [0.1, 0.15) is 6.42 Å². The summed E-state index contributed by atoms with van der Waals surface area (Å²) in [5, 5.41) is 11.4. The van der Waals surface area contributed by atoms with E-state index in [-0.39, 0.29) is 18.1 Å². The third-order valence-electron chi connectivity index (χ3n) is 1.58. The van der Waals surface area contributed by atoms with Gasteiger partial charge in [0.2, 0.25) is 0 Å². The highest BCUT2D eigenvalue weighted by Gasteiger charge is 2.09. The predicted octanol–water partition coefficient (Wildman–Crippen LogP) is -0.732. The summed E-state index contributed by atoms with van der Waals surface area (Å²) in [6, 6.07) is 0. The summed E-state index contributed by atoms with van der Waals surface area (Å²) >= 11 is 0. The van der Waals surface area contributed by atoms with E-state index in [0.29, 0.717) is 13.0 Å². The van der Waals surface area contributed by atoms with Crippen molar-refractivity contribution in [3.05, 3.63) is 23.5 Å². The number of ketones is 1. The minimum atomic E-state index is -0.0513. The lowest BCUT2D eigenvalue weighted by Gasteiger charge is -2.10. The smallest absolute Gasteiger partial charge is 0.182 e. The fraction of sp³-hybridized carbons (Fsp3) is 0.375. The first-order chi connectivity index (χ1) is 5.74. The highest BCUT2D eigenvalue weighted by molar-refractivity contribution is 5.97. The van der Waals surface area contributed by atoms with Gasteiger partial charge in [0.1, 0.15) is 0 Å². The molecule has 4 N–H and O–H groups in total. The lowest BCUT2D eigenvalue weighted by Crippen LogP contribution is -2.22. The molecule has 0 saturated heterocycles. The van der Waals surface area contributed by atoms with Gasteiger partial charge in [0.25, 0.3) is 0 Å². The molecule has 66 valence electrons. The molecule has 0 aromatic heterocycles. The third-order valence-corrected chi connectivity index (χ3v) is 1.58. The number of aliphatic hydroxyl groups excluding tert-OH is 1. The Morgan fingerprint density at radius 2 is 2.42 bits per heavy atom. The predicted molar refractivity (Wildman–Crippen MR) is 45.1 cm³/mol. The van der Waals surface area contributed by atoms with Crippen LogP contribution in [0.15, 0.2) is 23.5 Å². The average Bonchev–Trinajstić information content (AvgIpc) is 2.07. The van der Waals surface area contributed by atoms with E-state index in [1.165, 1.54) is 0 Å². The number of hydrogen-bond donors (Lipinski definition) is 3. The summed E-state index contributed by atoms with van der Waals surface area (Å²) in [6.07, 6.45) is 3.69. The van der Waals surface area contributed by atoms with Crippen LogP contribution in [0.5, 0.6) is 0 Å². The maximum Gasteiger partial charge on any atom is 0.182 e. The van der Waals surface area contributed by atoms with Crippen LogP contribution in [0.25, 0.3) is 0 Å². The SMILES string of the molecule is NC1=CC(NCCO)=CCC1=O. The van der Waals surface area contributed by atoms with Crippen LogP contribution in [0.4, 0.5) is 0 Å². The topological polar surface area (TPSA) is 75.3 Å². The summed E-state index contributed by atoms with van der Waals surface area (Å²) in [7, 11) is 0. The molecule has 1 aliphatic rings. The van der Waals surface area contributed by atoms with Crippen molar-refractivity contribution >= 4 is 5.78 Å². The fourth-order valence-corrected chi connectivity index (χ4v) is 0.951. The minimum absolute atomic E-state index is 0.0513. The van der Waals surface area contributed by atoms with E-state index < -0.39 is 0 Å². The van der Waals surface area contributed by atoms with Crippen molar-refractivity contribution in [2.24, 2.45) is 5.73 Å². The van der Waals surface area contributed by atoms with E-state index in [9.17, 15) is 4.79 Å². The molecular formula is C8H12N2O2.